The number of aliphatic hydroxyl groups excluding tert-OH is 1. The third-order valence-electron chi connectivity index (χ3n) is 2.23. The van der Waals surface area contributed by atoms with Crippen molar-refractivity contribution in [3.05, 3.63) is 23.0 Å². The Kier molecular flexibility index (Phi) is 2.93. The third kappa shape index (κ3) is 1.64. The molecule has 0 bridgehead atoms. The molecule has 0 radical (unpaired) electrons. The highest BCUT2D eigenvalue weighted by atomic mass is 16.4. The van der Waals surface area contributed by atoms with Gasteiger partial charge in [-0.1, -0.05) is 0 Å². The van der Waals surface area contributed by atoms with Crippen LogP contribution in [0.15, 0.2) is 6.07 Å². The Bertz CT molecular complexity index is 357. The molecule has 0 aromatic carbocycles. The molecule has 1 unspecified atom stereocenters. The predicted octanol–water partition coefficient (Wildman–Crippen LogP) is 0.0238. The summed E-state index contributed by atoms with van der Waals surface area (Å²) in [5.41, 5.74) is 6.64. The molecule has 0 spiro atoms. The molecule has 0 amide bonds. The molecule has 14 heavy (non-hydrogen) atoms. The van der Waals surface area contributed by atoms with E-state index in [0.29, 0.717) is 11.3 Å². The van der Waals surface area contributed by atoms with Gasteiger partial charge >= 0.3 is 5.97 Å². The summed E-state index contributed by atoms with van der Waals surface area (Å²) < 4.78 is 1.45. The average Bonchev–Trinajstić information content (AvgIpc) is 2.40. The summed E-state index contributed by atoms with van der Waals surface area (Å²) in [4.78, 5) is 10.8. The number of carbonyl (C=O) groups is 1. The molecular weight excluding hydrogens is 184 g/mol. The van der Waals surface area contributed by atoms with Crippen LogP contribution >= 0.6 is 0 Å². The van der Waals surface area contributed by atoms with Crippen LogP contribution in [0.2, 0.25) is 0 Å². The van der Waals surface area contributed by atoms with Crippen molar-refractivity contribution in [1.29, 1.82) is 0 Å². The Hall–Kier alpha value is -1.33. The van der Waals surface area contributed by atoms with Crippen LogP contribution in [0.5, 0.6) is 0 Å². The lowest BCUT2D eigenvalue weighted by molar-refractivity contribution is 0.0684. The van der Waals surface area contributed by atoms with Crippen LogP contribution < -0.4 is 5.73 Å². The molecular formula is C9H14N2O3. The number of aromatic nitrogens is 1. The summed E-state index contributed by atoms with van der Waals surface area (Å²) >= 11 is 0. The van der Waals surface area contributed by atoms with E-state index in [-0.39, 0.29) is 12.2 Å². The van der Waals surface area contributed by atoms with E-state index >= 15 is 0 Å². The molecule has 0 aliphatic heterocycles. The van der Waals surface area contributed by atoms with Gasteiger partial charge in [0, 0.05) is 19.3 Å². The lowest BCUT2D eigenvalue weighted by Gasteiger charge is -2.09. The van der Waals surface area contributed by atoms with Gasteiger partial charge in [-0.05, 0) is 18.6 Å². The number of aliphatic hydroxyl groups is 1. The zero-order valence-electron chi connectivity index (χ0n) is 8.19. The molecule has 1 aromatic heterocycles. The highest BCUT2D eigenvalue weighted by Crippen LogP contribution is 2.19. The quantitative estimate of drug-likeness (QED) is 0.639. The van der Waals surface area contributed by atoms with Crippen molar-refractivity contribution in [1.82, 2.24) is 4.57 Å². The molecule has 0 saturated heterocycles. The minimum Gasteiger partial charge on any atom is -0.477 e. The van der Waals surface area contributed by atoms with Crippen molar-refractivity contribution in [2.75, 3.05) is 6.54 Å². The fraction of sp³-hybridized carbons (Fsp3) is 0.444. The molecule has 1 aromatic rings. The van der Waals surface area contributed by atoms with Crippen LogP contribution in [0.4, 0.5) is 0 Å². The monoisotopic (exact) mass is 198 g/mol. The molecule has 1 heterocycles. The lowest BCUT2D eigenvalue weighted by atomic mass is 10.2. The second-order valence-electron chi connectivity index (χ2n) is 3.22. The Morgan fingerprint density at radius 1 is 1.71 bits per heavy atom. The highest BCUT2D eigenvalue weighted by molar-refractivity contribution is 5.87. The molecule has 78 valence electrons. The molecule has 5 nitrogen and oxygen atoms in total. The number of aryl methyl sites for hydroxylation is 1. The largest absolute Gasteiger partial charge is 0.477 e. The van der Waals surface area contributed by atoms with E-state index < -0.39 is 12.1 Å². The summed E-state index contributed by atoms with van der Waals surface area (Å²) in [6.45, 7) is 1.77. The Labute approximate surface area is 81.8 Å². The average molecular weight is 198 g/mol. The van der Waals surface area contributed by atoms with Gasteiger partial charge in [-0.15, -0.1) is 0 Å². The SMILES string of the molecule is Cc1cc(C(O)CN)n(C)c1C(=O)O. The van der Waals surface area contributed by atoms with Gasteiger partial charge in [0.15, 0.2) is 0 Å². The molecule has 0 aliphatic carbocycles. The van der Waals surface area contributed by atoms with E-state index in [2.05, 4.69) is 0 Å². The van der Waals surface area contributed by atoms with Crippen molar-refractivity contribution >= 4 is 5.97 Å². The number of hydrogen-bond acceptors (Lipinski definition) is 3. The lowest BCUT2D eigenvalue weighted by Crippen LogP contribution is -2.16. The van der Waals surface area contributed by atoms with Crippen LogP contribution in [0.1, 0.15) is 27.8 Å². The number of nitrogens with two attached hydrogens (primary N) is 1. The second kappa shape index (κ2) is 3.81. The first kappa shape index (κ1) is 10.7. The number of hydrogen-bond donors (Lipinski definition) is 3. The topological polar surface area (TPSA) is 88.5 Å². The van der Waals surface area contributed by atoms with E-state index in [1.54, 1.807) is 20.0 Å². The van der Waals surface area contributed by atoms with Crippen LogP contribution in [0.3, 0.4) is 0 Å². The first-order valence-electron chi connectivity index (χ1n) is 4.26. The second-order valence-corrected chi connectivity index (χ2v) is 3.22. The van der Waals surface area contributed by atoms with E-state index in [4.69, 9.17) is 10.8 Å². The van der Waals surface area contributed by atoms with Gasteiger partial charge in [0.05, 0.1) is 0 Å². The zero-order valence-corrected chi connectivity index (χ0v) is 8.19. The summed E-state index contributed by atoms with van der Waals surface area (Å²) in [6.07, 6.45) is -0.813. The Balaban J connectivity index is 3.23. The maximum atomic E-state index is 10.8. The maximum absolute atomic E-state index is 10.8. The predicted molar refractivity (Wildman–Crippen MR) is 51.1 cm³/mol. The number of carboxylic acid groups (broad SMARTS) is 1. The van der Waals surface area contributed by atoms with Crippen molar-refractivity contribution in [2.45, 2.75) is 13.0 Å². The first-order chi connectivity index (χ1) is 6.49. The number of carboxylic acids is 1. The van der Waals surface area contributed by atoms with Crippen molar-refractivity contribution in [3.63, 3.8) is 0 Å². The third-order valence-corrected chi connectivity index (χ3v) is 2.23. The summed E-state index contributed by atoms with van der Waals surface area (Å²) in [7, 11) is 1.60. The fourth-order valence-electron chi connectivity index (χ4n) is 1.53. The molecule has 1 atom stereocenters. The van der Waals surface area contributed by atoms with Crippen LogP contribution in [-0.4, -0.2) is 27.3 Å². The normalized spacial score (nSPS) is 12.9. The molecule has 0 fully saturated rings. The van der Waals surface area contributed by atoms with E-state index in [0.717, 1.165) is 0 Å². The van der Waals surface area contributed by atoms with E-state index in [9.17, 15) is 9.90 Å². The fourth-order valence-corrected chi connectivity index (χ4v) is 1.53. The molecule has 4 N–H and O–H groups in total. The summed E-state index contributed by atoms with van der Waals surface area (Å²) in [5, 5.41) is 18.4. The Morgan fingerprint density at radius 2 is 2.29 bits per heavy atom. The minimum atomic E-state index is -1.000. The van der Waals surface area contributed by atoms with Crippen molar-refractivity contribution < 1.29 is 15.0 Å². The number of aromatic carboxylic acids is 1. The van der Waals surface area contributed by atoms with Gasteiger partial charge in [0.25, 0.3) is 0 Å². The van der Waals surface area contributed by atoms with E-state index in [1.807, 2.05) is 0 Å². The first-order valence-corrected chi connectivity index (χ1v) is 4.26. The van der Waals surface area contributed by atoms with Gasteiger partial charge < -0.3 is 20.5 Å². The van der Waals surface area contributed by atoms with Crippen molar-refractivity contribution in [2.24, 2.45) is 12.8 Å². The standard InChI is InChI=1S/C9H14N2O3/c1-5-3-6(7(12)4-10)11(2)8(5)9(13)14/h3,7,12H,4,10H2,1-2H3,(H,13,14). The van der Waals surface area contributed by atoms with Gasteiger partial charge in [-0.25, -0.2) is 4.79 Å². The Morgan fingerprint density at radius 3 is 2.64 bits per heavy atom. The summed E-state index contributed by atoms with van der Waals surface area (Å²) in [5.74, 6) is -1.000. The van der Waals surface area contributed by atoms with Gasteiger partial charge in [-0.3, -0.25) is 0 Å². The van der Waals surface area contributed by atoms with Gasteiger partial charge in [0.1, 0.15) is 11.8 Å². The smallest absolute Gasteiger partial charge is 0.352 e. The molecule has 1 rings (SSSR count). The molecule has 5 heteroatoms. The van der Waals surface area contributed by atoms with Crippen LogP contribution in [-0.2, 0) is 7.05 Å². The minimum absolute atomic E-state index is 0.0797. The van der Waals surface area contributed by atoms with Gasteiger partial charge in [-0.2, -0.15) is 0 Å². The number of nitrogens with zero attached hydrogens (tertiary/aromatic N) is 1. The van der Waals surface area contributed by atoms with Crippen LogP contribution in [0.25, 0.3) is 0 Å². The summed E-state index contributed by atoms with van der Waals surface area (Å²) in [6, 6.07) is 1.64. The molecule has 0 aliphatic rings. The molecule has 0 saturated carbocycles. The zero-order chi connectivity index (χ0) is 10.9. The number of rotatable bonds is 3. The van der Waals surface area contributed by atoms with Crippen LogP contribution in [0, 0.1) is 6.92 Å². The van der Waals surface area contributed by atoms with E-state index in [1.165, 1.54) is 4.57 Å². The maximum Gasteiger partial charge on any atom is 0.352 e. The van der Waals surface area contributed by atoms with Crippen molar-refractivity contribution in [3.8, 4) is 0 Å². The van der Waals surface area contributed by atoms with Gasteiger partial charge in [0.2, 0.25) is 0 Å². The highest BCUT2D eigenvalue weighted by Gasteiger charge is 2.19.